The van der Waals surface area contributed by atoms with E-state index in [9.17, 15) is 4.79 Å². The Hall–Kier alpha value is -3.71. The van der Waals surface area contributed by atoms with Crippen LogP contribution in [0.4, 0.5) is 23.0 Å². The first kappa shape index (κ1) is 20.6. The minimum atomic E-state index is -0.251. The Balaban J connectivity index is 1.57. The fraction of sp³-hybridized carbons (Fsp3) is 0.208. The highest BCUT2D eigenvalue weighted by Gasteiger charge is 2.12. The number of carbonyl (C=O) groups excluding carboxylic acids is 1. The summed E-state index contributed by atoms with van der Waals surface area (Å²) in [5, 5.41) is 6.10. The van der Waals surface area contributed by atoms with E-state index in [1.807, 2.05) is 43.3 Å². The van der Waals surface area contributed by atoms with Gasteiger partial charge in [-0.2, -0.15) is 0 Å². The van der Waals surface area contributed by atoms with E-state index >= 15 is 0 Å². The molecule has 2 aromatic carbocycles. The lowest BCUT2D eigenvalue weighted by Crippen LogP contribution is -2.36. The number of rotatable bonds is 6. The molecule has 1 amide bonds. The highest BCUT2D eigenvalue weighted by atomic mass is 16.5. The Bertz CT molecular complexity index is 1090. The molecule has 1 aromatic heterocycles. The third-order valence-corrected chi connectivity index (χ3v) is 5.04. The predicted octanol–water partition coefficient (Wildman–Crippen LogP) is 4.16. The minimum absolute atomic E-state index is 0.251. The second kappa shape index (κ2) is 9.40. The van der Waals surface area contributed by atoms with Crippen molar-refractivity contribution in [2.24, 2.45) is 0 Å². The van der Waals surface area contributed by atoms with E-state index < -0.39 is 0 Å². The van der Waals surface area contributed by atoms with E-state index in [-0.39, 0.29) is 5.91 Å². The fourth-order valence-corrected chi connectivity index (χ4v) is 3.46. The van der Waals surface area contributed by atoms with Crippen molar-refractivity contribution in [1.82, 2.24) is 9.97 Å². The molecule has 1 aliphatic heterocycles. The van der Waals surface area contributed by atoms with Crippen LogP contribution in [-0.4, -0.2) is 42.2 Å². The zero-order valence-corrected chi connectivity index (χ0v) is 17.5. The maximum absolute atomic E-state index is 11.6. The first-order chi connectivity index (χ1) is 15.1. The van der Waals surface area contributed by atoms with E-state index in [1.165, 1.54) is 6.08 Å². The van der Waals surface area contributed by atoms with Crippen LogP contribution < -0.4 is 15.5 Å². The highest BCUT2D eigenvalue weighted by molar-refractivity contribution is 5.99. The van der Waals surface area contributed by atoms with Crippen LogP contribution in [0.3, 0.4) is 0 Å². The number of hydrogen-bond acceptors (Lipinski definition) is 6. The van der Waals surface area contributed by atoms with Crippen molar-refractivity contribution in [3.63, 3.8) is 0 Å². The maximum atomic E-state index is 11.6. The van der Waals surface area contributed by atoms with E-state index in [0.717, 1.165) is 54.5 Å². The van der Waals surface area contributed by atoms with Crippen LogP contribution in [0.2, 0.25) is 0 Å². The van der Waals surface area contributed by atoms with Crippen molar-refractivity contribution < 1.29 is 9.53 Å². The van der Waals surface area contributed by atoms with Gasteiger partial charge < -0.3 is 20.3 Å². The van der Waals surface area contributed by atoms with Crippen molar-refractivity contribution in [2.75, 3.05) is 41.8 Å². The van der Waals surface area contributed by atoms with Gasteiger partial charge >= 0.3 is 0 Å². The monoisotopic (exact) mass is 415 g/mol. The maximum Gasteiger partial charge on any atom is 0.247 e. The number of hydrogen-bond donors (Lipinski definition) is 2. The van der Waals surface area contributed by atoms with Gasteiger partial charge in [0, 0.05) is 41.9 Å². The molecule has 3 aromatic rings. The second-order valence-corrected chi connectivity index (χ2v) is 7.27. The summed E-state index contributed by atoms with van der Waals surface area (Å²) in [6.07, 6.45) is 3.04. The van der Waals surface area contributed by atoms with Crippen molar-refractivity contribution in [3.05, 3.63) is 72.9 Å². The zero-order chi connectivity index (χ0) is 21.6. The van der Waals surface area contributed by atoms with Crippen LogP contribution in [0.15, 0.2) is 67.4 Å². The van der Waals surface area contributed by atoms with Gasteiger partial charge in [0.05, 0.1) is 18.9 Å². The van der Waals surface area contributed by atoms with Crippen molar-refractivity contribution in [3.8, 4) is 11.3 Å². The van der Waals surface area contributed by atoms with E-state index in [2.05, 4.69) is 39.2 Å². The Morgan fingerprint density at radius 3 is 2.71 bits per heavy atom. The molecule has 0 bridgehead atoms. The average Bonchev–Trinajstić information content (AvgIpc) is 2.81. The van der Waals surface area contributed by atoms with Gasteiger partial charge in [0.25, 0.3) is 0 Å². The number of carbonyl (C=O) groups is 1. The molecule has 0 unspecified atom stereocenters. The molecule has 1 aliphatic rings. The number of morpholine rings is 1. The van der Waals surface area contributed by atoms with Gasteiger partial charge in [0.2, 0.25) is 11.9 Å². The molecule has 0 saturated carbocycles. The Labute approximate surface area is 181 Å². The van der Waals surface area contributed by atoms with Gasteiger partial charge in [-0.25, -0.2) is 9.97 Å². The summed E-state index contributed by atoms with van der Waals surface area (Å²) in [5.41, 5.74) is 5.40. The van der Waals surface area contributed by atoms with Crippen molar-refractivity contribution in [2.45, 2.75) is 6.92 Å². The molecular weight excluding hydrogens is 390 g/mol. The topological polar surface area (TPSA) is 79.4 Å². The summed E-state index contributed by atoms with van der Waals surface area (Å²) in [7, 11) is 0. The number of amides is 1. The second-order valence-electron chi connectivity index (χ2n) is 7.27. The van der Waals surface area contributed by atoms with Crippen LogP contribution in [0.25, 0.3) is 11.3 Å². The molecule has 0 atom stereocenters. The summed E-state index contributed by atoms with van der Waals surface area (Å²) in [6.45, 7) is 8.71. The molecule has 1 fully saturated rings. The number of anilines is 4. The van der Waals surface area contributed by atoms with Gasteiger partial charge in [-0.15, -0.1) is 0 Å². The van der Waals surface area contributed by atoms with Crippen LogP contribution >= 0.6 is 0 Å². The zero-order valence-electron chi connectivity index (χ0n) is 17.5. The van der Waals surface area contributed by atoms with Gasteiger partial charge in [-0.1, -0.05) is 24.8 Å². The number of nitrogens with one attached hydrogen (secondary N) is 2. The molecule has 0 radical (unpaired) electrons. The molecule has 31 heavy (non-hydrogen) atoms. The lowest BCUT2D eigenvalue weighted by Gasteiger charge is -2.29. The number of aromatic nitrogens is 2. The predicted molar refractivity (Wildman–Crippen MR) is 124 cm³/mol. The van der Waals surface area contributed by atoms with Gasteiger partial charge in [0.15, 0.2) is 0 Å². The Kier molecular flexibility index (Phi) is 6.24. The lowest BCUT2D eigenvalue weighted by molar-refractivity contribution is -0.111. The Morgan fingerprint density at radius 2 is 1.90 bits per heavy atom. The van der Waals surface area contributed by atoms with Gasteiger partial charge in [0.1, 0.15) is 0 Å². The first-order valence-corrected chi connectivity index (χ1v) is 10.2. The summed E-state index contributed by atoms with van der Waals surface area (Å²) >= 11 is 0. The Morgan fingerprint density at radius 1 is 1.13 bits per heavy atom. The van der Waals surface area contributed by atoms with E-state index in [4.69, 9.17) is 9.72 Å². The minimum Gasteiger partial charge on any atom is -0.378 e. The standard InChI is InChI=1S/C24H25N5O2/c1-3-22(30)26-19-7-4-6-18(14-19)23-17(2)16-25-24(28-23)27-20-8-5-9-21(15-20)29-10-12-31-13-11-29/h3-9,14-16H,1,10-13H2,2H3,(H,26,30)(H,25,27,28). The molecule has 7 heteroatoms. The summed E-state index contributed by atoms with van der Waals surface area (Å²) in [4.78, 5) is 23.1. The largest absolute Gasteiger partial charge is 0.378 e. The lowest BCUT2D eigenvalue weighted by atomic mass is 10.1. The van der Waals surface area contributed by atoms with Crippen molar-refractivity contribution in [1.29, 1.82) is 0 Å². The van der Waals surface area contributed by atoms with Gasteiger partial charge in [-0.05, 0) is 48.9 Å². The average molecular weight is 415 g/mol. The molecule has 1 saturated heterocycles. The number of benzene rings is 2. The molecule has 2 heterocycles. The molecule has 7 nitrogen and oxygen atoms in total. The number of nitrogens with zero attached hydrogens (tertiary/aromatic N) is 3. The summed E-state index contributed by atoms with van der Waals surface area (Å²) in [5.74, 6) is 0.263. The van der Waals surface area contributed by atoms with Crippen molar-refractivity contribution >= 4 is 28.9 Å². The van der Waals surface area contributed by atoms with Crippen LogP contribution in [0.5, 0.6) is 0 Å². The SMILES string of the molecule is C=CC(=O)Nc1cccc(-c2nc(Nc3cccc(N4CCOCC4)c3)ncc2C)c1. The molecule has 0 aliphatic carbocycles. The van der Waals surface area contributed by atoms with Crippen LogP contribution in [0.1, 0.15) is 5.56 Å². The quantitative estimate of drug-likeness (QED) is 0.589. The normalized spacial score (nSPS) is 13.5. The van der Waals surface area contributed by atoms with Gasteiger partial charge in [-0.3, -0.25) is 4.79 Å². The summed E-state index contributed by atoms with van der Waals surface area (Å²) < 4.78 is 5.44. The fourth-order valence-electron chi connectivity index (χ4n) is 3.46. The highest BCUT2D eigenvalue weighted by Crippen LogP contribution is 2.27. The molecule has 0 spiro atoms. The number of aryl methyl sites for hydroxylation is 1. The molecule has 158 valence electrons. The van der Waals surface area contributed by atoms with E-state index in [1.54, 1.807) is 6.20 Å². The third-order valence-electron chi connectivity index (χ3n) is 5.04. The molecular formula is C24H25N5O2. The number of ether oxygens (including phenoxy) is 1. The van der Waals surface area contributed by atoms with E-state index in [0.29, 0.717) is 11.6 Å². The third kappa shape index (κ3) is 5.07. The first-order valence-electron chi connectivity index (χ1n) is 10.2. The summed E-state index contributed by atoms with van der Waals surface area (Å²) in [6, 6.07) is 15.8. The molecule has 2 N–H and O–H groups in total. The van der Waals surface area contributed by atoms with Crippen LogP contribution in [-0.2, 0) is 9.53 Å². The smallest absolute Gasteiger partial charge is 0.247 e. The van der Waals surface area contributed by atoms with Crippen LogP contribution in [0, 0.1) is 6.92 Å². The molecule has 4 rings (SSSR count).